The Balaban J connectivity index is 2.35. The summed E-state index contributed by atoms with van der Waals surface area (Å²) >= 11 is 0. The van der Waals surface area contributed by atoms with E-state index < -0.39 is 5.41 Å². The molecule has 3 fully saturated rings. The molecule has 0 amide bonds. The maximum atomic E-state index is 12.3. The molecule has 3 heteroatoms. The van der Waals surface area contributed by atoms with Gasteiger partial charge in [0, 0.05) is 11.8 Å². The van der Waals surface area contributed by atoms with E-state index in [-0.39, 0.29) is 23.7 Å². The standard InChI is InChI=1S/C15H24O3/c1-8(2)10-6-12-9(3)13(16)11(10)7-15(12,4)14(17)18-5/h8-12H,6-7H2,1-5H3/t9-,10-,11-,12+,15+/m0/s1. The summed E-state index contributed by atoms with van der Waals surface area (Å²) in [5.74, 6) is 1.38. The van der Waals surface area contributed by atoms with Crippen molar-refractivity contribution in [2.45, 2.75) is 40.5 Å². The number of esters is 1. The van der Waals surface area contributed by atoms with E-state index in [0.717, 1.165) is 6.42 Å². The number of hydrogen-bond donors (Lipinski definition) is 0. The van der Waals surface area contributed by atoms with E-state index >= 15 is 0 Å². The van der Waals surface area contributed by atoms with Gasteiger partial charge in [-0.25, -0.2) is 0 Å². The van der Waals surface area contributed by atoms with Gasteiger partial charge in [0.1, 0.15) is 5.78 Å². The van der Waals surface area contributed by atoms with Crippen LogP contribution in [0.1, 0.15) is 40.5 Å². The summed E-state index contributed by atoms with van der Waals surface area (Å²) in [5.41, 5.74) is -0.460. The first-order valence-corrected chi connectivity index (χ1v) is 6.95. The zero-order valence-electron chi connectivity index (χ0n) is 12.0. The summed E-state index contributed by atoms with van der Waals surface area (Å²) in [7, 11) is 1.45. The molecule has 0 saturated heterocycles. The minimum absolute atomic E-state index is 0.00264. The van der Waals surface area contributed by atoms with Crippen molar-refractivity contribution in [3.05, 3.63) is 0 Å². The lowest BCUT2D eigenvalue weighted by atomic mass is 9.48. The third-order valence-corrected chi connectivity index (χ3v) is 5.43. The first-order valence-electron chi connectivity index (χ1n) is 6.95. The second-order valence-corrected chi connectivity index (χ2v) is 6.66. The Morgan fingerprint density at radius 3 is 2.56 bits per heavy atom. The molecule has 0 aromatic heterocycles. The third kappa shape index (κ3) is 1.70. The van der Waals surface area contributed by atoms with E-state index in [2.05, 4.69) is 13.8 Å². The molecule has 0 aliphatic heterocycles. The molecule has 3 aliphatic rings. The van der Waals surface area contributed by atoms with Crippen molar-refractivity contribution in [1.29, 1.82) is 0 Å². The second kappa shape index (κ2) is 4.36. The van der Waals surface area contributed by atoms with E-state index in [0.29, 0.717) is 24.0 Å². The second-order valence-electron chi connectivity index (χ2n) is 6.66. The molecule has 0 unspecified atom stereocenters. The molecule has 18 heavy (non-hydrogen) atoms. The van der Waals surface area contributed by atoms with Crippen LogP contribution in [0.4, 0.5) is 0 Å². The van der Waals surface area contributed by atoms with Crippen molar-refractivity contribution in [3.63, 3.8) is 0 Å². The van der Waals surface area contributed by atoms with Gasteiger partial charge in [-0.05, 0) is 37.5 Å². The van der Waals surface area contributed by atoms with Crippen LogP contribution in [0.15, 0.2) is 0 Å². The third-order valence-electron chi connectivity index (χ3n) is 5.43. The topological polar surface area (TPSA) is 43.4 Å². The van der Waals surface area contributed by atoms with E-state index in [1.165, 1.54) is 7.11 Å². The molecule has 0 aromatic rings. The average molecular weight is 252 g/mol. The lowest BCUT2D eigenvalue weighted by Crippen LogP contribution is -2.57. The van der Waals surface area contributed by atoms with E-state index in [1.54, 1.807) is 0 Å². The molecular weight excluding hydrogens is 228 g/mol. The molecule has 3 aliphatic carbocycles. The Morgan fingerprint density at radius 1 is 1.44 bits per heavy atom. The number of rotatable bonds is 2. The molecule has 0 radical (unpaired) electrons. The normalized spacial score (nSPS) is 43.3. The zero-order chi connectivity index (χ0) is 13.7. The Labute approximate surface area is 109 Å². The molecule has 102 valence electrons. The molecule has 3 nitrogen and oxygen atoms in total. The van der Waals surface area contributed by atoms with Crippen LogP contribution in [-0.2, 0) is 14.3 Å². The van der Waals surface area contributed by atoms with Crippen molar-refractivity contribution in [2.24, 2.45) is 35.0 Å². The number of carbonyl (C=O) groups excluding carboxylic acids is 2. The zero-order valence-corrected chi connectivity index (χ0v) is 12.0. The number of fused-ring (bicyclic) bond motifs is 3. The average Bonchev–Trinajstić information content (AvgIpc) is 2.33. The Kier molecular flexibility index (Phi) is 3.28. The highest BCUT2D eigenvalue weighted by Crippen LogP contribution is 2.57. The number of ketones is 1. The minimum atomic E-state index is -0.460. The van der Waals surface area contributed by atoms with Gasteiger partial charge in [0.05, 0.1) is 12.5 Å². The number of methoxy groups -OCH3 is 1. The molecule has 3 rings (SSSR count). The summed E-state index contributed by atoms with van der Waals surface area (Å²) in [6.45, 7) is 8.32. The lowest BCUT2D eigenvalue weighted by molar-refractivity contribution is -0.175. The highest BCUT2D eigenvalue weighted by Gasteiger charge is 2.59. The van der Waals surface area contributed by atoms with Gasteiger partial charge in [-0.3, -0.25) is 9.59 Å². The molecule has 0 spiro atoms. The van der Waals surface area contributed by atoms with Gasteiger partial charge < -0.3 is 4.74 Å². The number of Topliss-reactive ketones (excluding diaryl/α,β-unsaturated/α-hetero) is 1. The van der Waals surface area contributed by atoms with Crippen molar-refractivity contribution in [3.8, 4) is 0 Å². The maximum absolute atomic E-state index is 12.3. The van der Waals surface area contributed by atoms with Crippen LogP contribution >= 0.6 is 0 Å². The minimum Gasteiger partial charge on any atom is -0.469 e. The van der Waals surface area contributed by atoms with E-state index in [9.17, 15) is 9.59 Å². The summed E-state index contributed by atoms with van der Waals surface area (Å²) in [5, 5.41) is 0. The van der Waals surface area contributed by atoms with Crippen LogP contribution in [0.2, 0.25) is 0 Å². The SMILES string of the molecule is COC(=O)[C@]1(C)C[C@@H]2C(=O)[C@@H](C)[C@H]1C[C@H]2C(C)C. The van der Waals surface area contributed by atoms with Crippen LogP contribution < -0.4 is 0 Å². The fourth-order valence-electron chi connectivity index (χ4n) is 4.29. The van der Waals surface area contributed by atoms with Crippen molar-refractivity contribution in [2.75, 3.05) is 7.11 Å². The monoisotopic (exact) mass is 252 g/mol. The van der Waals surface area contributed by atoms with Gasteiger partial charge >= 0.3 is 5.97 Å². The maximum Gasteiger partial charge on any atom is 0.311 e. The lowest BCUT2D eigenvalue weighted by Gasteiger charge is -2.54. The predicted octanol–water partition coefficient (Wildman–Crippen LogP) is 2.68. The van der Waals surface area contributed by atoms with Crippen LogP contribution in [0, 0.1) is 35.0 Å². The largest absolute Gasteiger partial charge is 0.469 e. The van der Waals surface area contributed by atoms with Crippen LogP contribution in [0.25, 0.3) is 0 Å². The van der Waals surface area contributed by atoms with Gasteiger partial charge in [0.2, 0.25) is 0 Å². The first-order chi connectivity index (χ1) is 8.32. The number of ether oxygens (including phenoxy) is 1. The van der Waals surface area contributed by atoms with Crippen molar-refractivity contribution in [1.82, 2.24) is 0 Å². The highest BCUT2D eigenvalue weighted by molar-refractivity contribution is 5.89. The molecule has 0 heterocycles. The van der Waals surface area contributed by atoms with Gasteiger partial charge in [0.25, 0.3) is 0 Å². The summed E-state index contributed by atoms with van der Waals surface area (Å²) in [4.78, 5) is 24.4. The molecule has 2 bridgehead atoms. The summed E-state index contributed by atoms with van der Waals surface area (Å²) in [6.07, 6.45) is 1.66. The van der Waals surface area contributed by atoms with Crippen molar-refractivity contribution >= 4 is 11.8 Å². The molecular formula is C15H24O3. The summed E-state index contributed by atoms with van der Waals surface area (Å²) in [6, 6.07) is 0. The predicted molar refractivity (Wildman–Crippen MR) is 68.8 cm³/mol. The molecule has 0 aromatic carbocycles. The first kappa shape index (κ1) is 13.6. The Morgan fingerprint density at radius 2 is 2.06 bits per heavy atom. The molecule has 0 N–H and O–H groups in total. The fraction of sp³-hybridized carbons (Fsp3) is 0.867. The van der Waals surface area contributed by atoms with E-state index in [4.69, 9.17) is 4.74 Å². The van der Waals surface area contributed by atoms with Gasteiger partial charge in [-0.1, -0.05) is 20.8 Å². The number of hydrogen-bond acceptors (Lipinski definition) is 3. The molecule has 5 atom stereocenters. The Hall–Kier alpha value is -0.860. The van der Waals surface area contributed by atoms with Gasteiger partial charge in [0.15, 0.2) is 0 Å². The molecule has 3 saturated carbocycles. The quantitative estimate of drug-likeness (QED) is 0.710. The van der Waals surface area contributed by atoms with Crippen LogP contribution in [0.5, 0.6) is 0 Å². The summed E-state index contributed by atoms with van der Waals surface area (Å²) < 4.78 is 4.97. The van der Waals surface area contributed by atoms with Crippen LogP contribution in [-0.4, -0.2) is 18.9 Å². The van der Waals surface area contributed by atoms with E-state index in [1.807, 2.05) is 13.8 Å². The van der Waals surface area contributed by atoms with Gasteiger partial charge in [-0.15, -0.1) is 0 Å². The fourth-order valence-corrected chi connectivity index (χ4v) is 4.29. The van der Waals surface area contributed by atoms with Crippen LogP contribution in [0.3, 0.4) is 0 Å². The van der Waals surface area contributed by atoms with Gasteiger partial charge in [-0.2, -0.15) is 0 Å². The van der Waals surface area contributed by atoms with Crippen molar-refractivity contribution < 1.29 is 14.3 Å². The Bertz CT molecular complexity index is 374. The highest BCUT2D eigenvalue weighted by atomic mass is 16.5. The number of carbonyl (C=O) groups is 2. The smallest absolute Gasteiger partial charge is 0.311 e.